The van der Waals surface area contributed by atoms with Gasteiger partial charge in [-0.25, -0.2) is 9.66 Å². The summed E-state index contributed by atoms with van der Waals surface area (Å²) in [7, 11) is 0. The third-order valence-electron chi connectivity index (χ3n) is 5.07. The van der Waals surface area contributed by atoms with Crippen LogP contribution < -0.4 is 16.7 Å². The third kappa shape index (κ3) is 3.73. The molecule has 1 aromatic carbocycles. The maximum atomic E-state index is 12.9. The molecule has 0 aliphatic heterocycles. The second-order valence-electron chi connectivity index (χ2n) is 7.00. The number of benzene rings is 1. The molecule has 3 aromatic rings. The standard InChI is InChI=1S/C20H19N5O2S2/c21-12-20(8-4-5-9-20)24-15(26)11-29-19-23-17-16(18(27)25(19)22)14(10-28-17)13-6-2-1-3-7-13/h1-3,6-7,10H,4-5,8-9,11,22H2,(H,24,26). The SMILES string of the molecule is N#CC1(NC(=O)CSc2nc3scc(-c4ccccc4)c3c(=O)n2N)CCCC1. The number of carbonyl (C=O) groups excluding carboxylic acids is 1. The minimum Gasteiger partial charge on any atom is -0.337 e. The van der Waals surface area contributed by atoms with Gasteiger partial charge in [0.2, 0.25) is 5.91 Å². The van der Waals surface area contributed by atoms with Gasteiger partial charge in [0.15, 0.2) is 5.16 Å². The van der Waals surface area contributed by atoms with E-state index in [9.17, 15) is 14.9 Å². The Bertz CT molecular complexity index is 1160. The number of amides is 1. The van der Waals surface area contributed by atoms with Crippen LogP contribution in [0.15, 0.2) is 45.7 Å². The summed E-state index contributed by atoms with van der Waals surface area (Å²) in [6.07, 6.45) is 3.21. The first-order valence-corrected chi connectivity index (χ1v) is 11.1. The quantitative estimate of drug-likeness (QED) is 0.369. The molecule has 148 valence electrons. The van der Waals surface area contributed by atoms with Crippen molar-refractivity contribution in [2.24, 2.45) is 0 Å². The number of nitriles is 1. The van der Waals surface area contributed by atoms with E-state index < -0.39 is 5.54 Å². The second kappa shape index (κ2) is 7.89. The predicted octanol–water partition coefficient (Wildman–Crippen LogP) is 2.88. The molecule has 0 radical (unpaired) electrons. The summed E-state index contributed by atoms with van der Waals surface area (Å²) in [5.41, 5.74) is 0.613. The molecule has 3 N–H and O–H groups in total. The number of thioether (sulfide) groups is 1. The molecule has 0 spiro atoms. The van der Waals surface area contributed by atoms with Crippen LogP contribution in [0.4, 0.5) is 0 Å². The van der Waals surface area contributed by atoms with E-state index in [1.807, 2.05) is 35.7 Å². The molecule has 0 unspecified atom stereocenters. The largest absolute Gasteiger partial charge is 0.337 e. The Morgan fingerprint density at radius 3 is 2.76 bits per heavy atom. The van der Waals surface area contributed by atoms with Gasteiger partial charge in [-0.1, -0.05) is 42.1 Å². The molecule has 29 heavy (non-hydrogen) atoms. The number of fused-ring (bicyclic) bond motifs is 1. The fourth-order valence-electron chi connectivity index (χ4n) is 3.59. The van der Waals surface area contributed by atoms with Crippen LogP contribution in [0.25, 0.3) is 21.3 Å². The average molecular weight is 426 g/mol. The first-order valence-electron chi connectivity index (χ1n) is 9.23. The molecule has 1 aliphatic rings. The smallest absolute Gasteiger partial charge is 0.282 e. The van der Waals surface area contributed by atoms with Gasteiger partial charge in [0.05, 0.1) is 17.2 Å². The highest BCUT2D eigenvalue weighted by Gasteiger charge is 2.35. The Morgan fingerprint density at radius 1 is 1.34 bits per heavy atom. The van der Waals surface area contributed by atoms with Gasteiger partial charge in [0.25, 0.3) is 5.56 Å². The fourth-order valence-corrected chi connectivity index (χ4v) is 5.30. The molecule has 1 amide bonds. The van der Waals surface area contributed by atoms with E-state index >= 15 is 0 Å². The lowest BCUT2D eigenvalue weighted by Gasteiger charge is -2.21. The molecule has 7 nitrogen and oxygen atoms in total. The van der Waals surface area contributed by atoms with Crippen LogP contribution in [-0.2, 0) is 4.79 Å². The van der Waals surface area contributed by atoms with Crippen molar-refractivity contribution >= 4 is 39.2 Å². The van der Waals surface area contributed by atoms with E-state index in [0.717, 1.165) is 40.4 Å². The highest BCUT2D eigenvalue weighted by atomic mass is 32.2. The Hall–Kier alpha value is -2.83. The molecule has 9 heteroatoms. The summed E-state index contributed by atoms with van der Waals surface area (Å²) in [4.78, 5) is 30.3. The van der Waals surface area contributed by atoms with Crippen LogP contribution >= 0.6 is 23.1 Å². The lowest BCUT2D eigenvalue weighted by Crippen LogP contribution is -2.46. The van der Waals surface area contributed by atoms with Gasteiger partial charge < -0.3 is 11.2 Å². The summed E-state index contributed by atoms with van der Waals surface area (Å²) in [5, 5.41) is 14.9. The molecular weight excluding hydrogens is 406 g/mol. The zero-order valence-electron chi connectivity index (χ0n) is 15.6. The van der Waals surface area contributed by atoms with E-state index in [0.29, 0.717) is 23.1 Å². The first-order chi connectivity index (χ1) is 14.0. The molecule has 2 heterocycles. The van der Waals surface area contributed by atoms with Gasteiger partial charge in [-0.15, -0.1) is 11.3 Å². The van der Waals surface area contributed by atoms with Crippen LogP contribution in [0, 0.1) is 11.3 Å². The van der Waals surface area contributed by atoms with Gasteiger partial charge in [0, 0.05) is 10.9 Å². The van der Waals surface area contributed by atoms with Gasteiger partial charge in [-0.3, -0.25) is 9.59 Å². The zero-order valence-corrected chi connectivity index (χ0v) is 17.2. The van der Waals surface area contributed by atoms with Crippen LogP contribution in [0.5, 0.6) is 0 Å². The molecule has 1 fully saturated rings. The summed E-state index contributed by atoms with van der Waals surface area (Å²) in [5.74, 6) is 5.78. The summed E-state index contributed by atoms with van der Waals surface area (Å²) >= 11 is 2.47. The minimum atomic E-state index is -0.768. The molecule has 1 aliphatic carbocycles. The van der Waals surface area contributed by atoms with E-state index in [4.69, 9.17) is 5.84 Å². The second-order valence-corrected chi connectivity index (χ2v) is 8.80. The number of nitrogens with two attached hydrogens (primary N) is 1. The van der Waals surface area contributed by atoms with E-state index in [1.54, 1.807) is 0 Å². The monoisotopic (exact) mass is 425 g/mol. The van der Waals surface area contributed by atoms with Crippen LogP contribution in [0.2, 0.25) is 0 Å². The number of aromatic nitrogens is 2. The predicted molar refractivity (Wildman–Crippen MR) is 115 cm³/mol. The van der Waals surface area contributed by atoms with E-state index in [-0.39, 0.29) is 22.4 Å². The number of nitrogens with zero attached hydrogens (tertiary/aromatic N) is 3. The van der Waals surface area contributed by atoms with Gasteiger partial charge in [-0.05, 0) is 31.2 Å². The Morgan fingerprint density at radius 2 is 2.07 bits per heavy atom. The number of nitrogens with one attached hydrogen (secondary N) is 1. The van der Waals surface area contributed by atoms with E-state index in [1.165, 1.54) is 11.3 Å². The van der Waals surface area contributed by atoms with Gasteiger partial charge in [-0.2, -0.15) is 5.26 Å². The molecule has 0 saturated heterocycles. The van der Waals surface area contributed by atoms with Crippen molar-refractivity contribution in [1.82, 2.24) is 15.0 Å². The summed E-state index contributed by atoms with van der Waals surface area (Å²) in [6, 6.07) is 11.8. The number of hydrogen-bond donors (Lipinski definition) is 2. The number of thiophene rings is 1. The normalized spacial score (nSPS) is 15.3. The van der Waals surface area contributed by atoms with Gasteiger partial charge in [0.1, 0.15) is 10.4 Å². The highest BCUT2D eigenvalue weighted by Crippen LogP contribution is 2.32. The van der Waals surface area contributed by atoms with Crippen molar-refractivity contribution in [3.8, 4) is 17.2 Å². The molecule has 2 aromatic heterocycles. The molecule has 1 saturated carbocycles. The lowest BCUT2D eigenvalue weighted by molar-refractivity contribution is -0.119. The maximum Gasteiger partial charge on any atom is 0.282 e. The van der Waals surface area contributed by atoms with Crippen molar-refractivity contribution in [1.29, 1.82) is 5.26 Å². The van der Waals surface area contributed by atoms with Crippen molar-refractivity contribution in [2.45, 2.75) is 36.4 Å². The third-order valence-corrected chi connectivity index (χ3v) is 6.90. The van der Waals surface area contributed by atoms with Crippen molar-refractivity contribution in [3.05, 3.63) is 46.1 Å². The topological polar surface area (TPSA) is 114 Å². The summed E-state index contributed by atoms with van der Waals surface area (Å²) in [6.45, 7) is 0. The summed E-state index contributed by atoms with van der Waals surface area (Å²) < 4.78 is 0.995. The Kier molecular flexibility index (Phi) is 5.30. The zero-order chi connectivity index (χ0) is 20.4. The molecule has 4 rings (SSSR count). The number of rotatable bonds is 5. The van der Waals surface area contributed by atoms with Crippen molar-refractivity contribution in [2.75, 3.05) is 11.6 Å². The molecular formula is C20H19N5O2S2. The first kappa shape index (κ1) is 19.5. The van der Waals surface area contributed by atoms with Crippen LogP contribution in [0.3, 0.4) is 0 Å². The van der Waals surface area contributed by atoms with Crippen molar-refractivity contribution < 1.29 is 4.79 Å². The minimum absolute atomic E-state index is 0.0372. The Labute approximate surface area is 175 Å². The average Bonchev–Trinajstić information content (AvgIpc) is 3.38. The highest BCUT2D eigenvalue weighted by molar-refractivity contribution is 7.99. The maximum absolute atomic E-state index is 12.9. The van der Waals surface area contributed by atoms with Crippen LogP contribution in [-0.4, -0.2) is 26.9 Å². The number of carbonyl (C=O) groups is 1. The fraction of sp³-hybridized carbons (Fsp3) is 0.300. The van der Waals surface area contributed by atoms with Crippen molar-refractivity contribution in [3.63, 3.8) is 0 Å². The molecule has 0 bridgehead atoms. The lowest BCUT2D eigenvalue weighted by atomic mass is 10.0. The molecule has 0 atom stereocenters. The van der Waals surface area contributed by atoms with Gasteiger partial charge >= 0.3 is 0 Å². The number of nitrogen functional groups attached to an aromatic ring is 1. The van der Waals surface area contributed by atoms with E-state index in [2.05, 4.69) is 16.4 Å². The number of hydrogen-bond acceptors (Lipinski definition) is 7. The van der Waals surface area contributed by atoms with Crippen LogP contribution in [0.1, 0.15) is 25.7 Å². The Balaban J connectivity index is 1.56.